The van der Waals surface area contributed by atoms with Crippen molar-refractivity contribution in [1.29, 1.82) is 0 Å². The van der Waals surface area contributed by atoms with Crippen molar-refractivity contribution in [3.05, 3.63) is 23.8 Å². The molecule has 2 aliphatic heterocycles. The van der Waals surface area contributed by atoms with Crippen molar-refractivity contribution in [2.75, 3.05) is 26.4 Å². The molecule has 5 nitrogen and oxygen atoms in total. The third kappa shape index (κ3) is 4.46. The summed E-state index contributed by atoms with van der Waals surface area (Å²) in [6.07, 6.45) is 12.1. The first-order valence-electron chi connectivity index (χ1n) is 12.2. The zero-order valence-electron chi connectivity index (χ0n) is 18.1. The van der Waals surface area contributed by atoms with Crippen LogP contribution >= 0.6 is 0 Å². The molecule has 0 bridgehead atoms. The van der Waals surface area contributed by atoms with Gasteiger partial charge in [-0.25, -0.2) is 0 Å². The molecular formula is C25H36N2O3. The highest BCUT2D eigenvalue weighted by Crippen LogP contribution is 2.42. The number of benzene rings is 1. The molecule has 5 rings (SSSR count). The van der Waals surface area contributed by atoms with E-state index in [1.54, 1.807) is 0 Å². The molecule has 3 fully saturated rings. The second-order valence-corrected chi connectivity index (χ2v) is 9.84. The first kappa shape index (κ1) is 20.2. The van der Waals surface area contributed by atoms with Crippen LogP contribution in [0.25, 0.3) is 0 Å². The number of nitrogens with one attached hydrogen (secondary N) is 1. The lowest BCUT2D eigenvalue weighted by Crippen LogP contribution is -2.43. The Morgan fingerprint density at radius 1 is 1.00 bits per heavy atom. The fourth-order valence-electron chi connectivity index (χ4n) is 5.69. The Kier molecular flexibility index (Phi) is 6.17. The molecule has 2 heterocycles. The number of fused-ring (bicyclic) bond motifs is 1. The summed E-state index contributed by atoms with van der Waals surface area (Å²) in [6, 6.07) is 6.76. The van der Waals surface area contributed by atoms with Crippen LogP contribution in [0, 0.1) is 11.8 Å². The van der Waals surface area contributed by atoms with E-state index < -0.39 is 0 Å². The first-order chi connectivity index (χ1) is 14.8. The minimum absolute atomic E-state index is 0.321. The van der Waals surface area contributed by atoms with Gasteiger partial charge in [0.05, 0.1) is 0 Å². The van der Waals surface area contributed by atoms with Gasteiger partial charge in [-0.1, -0.05) is 18.6 Å². The number of rotatable bonds is 6. The number of para-hydroxylation sites is 1. The predicted octanol–water partition coefficient (Wildman–Crippen LogP) is 4.46. The molecule has 1 aromatic carbocycles. The van der Waals surface area contributed by atoms with Crippen molar-refractivity contribution < 1.29 is 14.3 Å². The molecule has 1 amide bonds. The average molecular weight is 413 g/mol. The number of carbonyl (C=O) groups excluding carboxylic acids is 1. The number of hydrogen-bond acceptors (Lipinski definition) is 4. The van der Waals surface area contributed by atoms with Crippen LogP contribution in [0.2, 0.25) is 0 Å². The highest BCUT2D eigenvalue weighted by molar-refractivity contribution is 5.79. The predicted molar refractivity (Wildman–Crippen MR) is 117 cm³/mol. The molecule has 4 aliphatic rings. The van der Waals surface area contributed by atoms with Crippen LogP contribution in [-0.2, 0) is 4.79 Å². The molecule has 164 valence electrons. The summed E-state index contributed by atoms with van der Waals surface area (Å²) in [5, 5.41) is 3.32. The lowest BCUT2D eigenvalue weighted by molar-refractivity contribution is -0.128. The summed E-state index contributed by atoms with van der Waals surface area (Å²) < 4.78 is 11.3. The summed E-state index contributed by atoms with van der Waals surface area (Å²) >= 11 is 0. The fraction of sp³-hybridized carbons (Fsp3) is 0.720. The summed E-state index contributed by atoms with van der Waals surface area (Å²) in [7, 11) is 0. The minimum atomic E-state index is 0.321. The fourth-order valence-corrected chi connectivity index (χ4v) is 5.69. The van der Waals surface area contributed by atoms with Gasteiger partial charge < -0.3 is 19.7 Å². The van der Waals surface area contributed by atoms with Gasteiger partial charge in [0.1, 0.15) is 0 Å². The number of likely N-dealkylation sites (tertiary alicyclic amines) is 1. The SMILES string of the molecule is O=C(NC1CCC(CCN2CCC(c3cccc4c3OCO4)CC2)CC1)C1CCC1. The largest absolute Gasteiger partial charge is 0.454 e. The third-order valence-corrected chi connectivity index (χ3v) is 7.98. The van der Waals surface area contributed by atoms with Gasteiger partial charge in [0, 0.05) is 17.5 Å². The van der Waals surface area contributed by atoms with E-state index in [-0.39, 0.29) is 0 Å². The van der Waals surface area contributed by atoms with Crippen LogP contribution in [0.3, 0.4) is 0 Å². The Bertz CT molecular complexity index is 732. The number of carbonyl (C=O) groups is 1. The van der Waals surface area contributed by atoms with E-state index in [9.17, 15) is 4.79 Å². The van der Waals surface area contributed by atoms with Crippen molar-refractivity contribution >= 4 is 5.91 Å². The topological polar surface area (TPSA) is 50.8 Å². The van der Waals surface area contributed by atoms with E-state index in [4.69, 9.17) is 9.47 Å². The number of nitrogens with zero attached hydrogens (tertiary/aromatic N) is 1. The van der Waals surface area contributed by atoms with E-state index in [0.29, 0.717) is 30.6 Å². The molecular weight excluding hydrogens is 376 g/mol. The normalized spacial score (nSPS) is 27.6. The summed E-state index contributed by atoms with van der Waals surface area (Å²) in [5.74, 6) is 3.97. The Hall–Kier alpha value is -1.75. The highest BCUT2D eigenvalue weighted by Gasteiger charge is 2.30. The monoisotopic (exact) mass is 412 g/mol. The van der Waals surface area contributed by atoms with E-state index in [1.165, 1.54) is 76.6 Å². The van der Waals surface area contributed by atoms with Crippen LogP contribution in [0.5, 0.6) is 11.5 Å². The van der Waals surface area contributed by atoms with Gasteiger partial charge in [-0.3, -0.25) is 4.79 Å². The number of ether oxygens (including phenoxy) is 2. The van der Waals surface area contributed by atoms with E-state index in [0.717, 1.165) is 30.3 Å². The molecule has 1 aromatic rings. The van der Waals surface area contributed by atoms with Gasteiger partial charge in [-0.2, -0.15) is 0 Å². The standard InChI is InChI=1S/C25H36N2O3/c28-25(20-3-1-4-20)26-21-9-7-18(8-10-21)11-14-27-15-12-19(13-16-27)22-5-2-6-23-24(22)30-17-29-23/h2,5-6,18-21H,1,3-4,7-17H2,(H,26,28). The number of hydrogen-bond donors (Lipinski definition) is 1. The first-order valence-corrected chi connectivity index (χ1v) is 12.2. The van der Waals surface area contributed by atoms with E-state index in [2.05, 4.69) is 22.3 Å². The molecule has 2 aliphatic carbocycles. The Morgan fingerprint density at radius 2 is 1.80 bits per heavy atom. The van der Waals surface area contributed by atoms with E-state index in [1.807, 2.05) is 6.07 Å². The average Bonchev–Trinajstić information content (AvgIpc) is 3.21. The Balaban J connectivity index is 1.01. The van der Waals surface area contributed by atoms with Crippen LogP contribution < -0.4 is 14.8 Å². The van der Waals surface area contributed by atoms with Gasteiger partial charge in [0.2, 0.25) is 12.7 Å². The summed E-state index contributed by atoms with van der Waals surface area (Å²) in [5.41, 5.74) is 1.34. The maximum Gasteiger partial charge on any atom is 0.231 e. The zero-order valence-corrected chi connectivity index (χ0v) is 18.1. The van der Waals surface area contributed by atoms with Crippen molar-refractivity contribution in [2.24, 2.45) is 11.8 Å². The smallest absolute Gasteiger partial charge is 0.231 e. The van der Waals surface area contributed by atoms with Gasteiger partial charge in [0.15, 0.2) is 11.5 Å². The number of piperidine rings is 1. The minimum Gasteiger partial charge on any atom is -0.454 e. The molecule has 1 saturated heterocycles. The van der Waals surface area contributed by atoms with Crippen molar-refractivity contribution in [3.8, 4) is 11.5 Å². The summed E-state index contributed by atoms with van der Waals surface area (Å²) in [6.45, 7) is 3.95. The molecule has 0 atom stereocenters. The van der Waals surface area contributed by atoms with Gasteiger partial charge in [0.25, 0.3) is 0 Å². The Labute approximate surface area is 180 Å². The quantitative estimate of drug-likeness (QED) is 0.749. The summed E-state index contributed by atoms with van der Waals surface area (Å²) in [4.78, 5) is 14.8. The van der Waals surface area contributed by atoms with Crippen LogP contribution in [0.15, 0.2) is 18.2 Å². The molecule has 5 heteroatoms. The highest BCUT2D eigenvalue weighted by atomic mass is 16.7. The van der Waals surface area contributed by atoms with Crippen LogP contribution in [0.1, 0.15) is 75.7 Å². The van der Waals surface area contributed by atoms with Gasteiger partial charge >= 0.3 is 0 Å². The van der Waals surface area contributed by atoms with Gasteiger partial charge in [-0.05, 0) is 95.3 Å². The molecule has 0 radical (unpaired) electrons. The number of amides is 1. The molecule has 2 saturated carbocycles. The molecule has 1 N–H and O–H groups in total. The van der Waals surface area contributed by atoms with Crippen molar-refractivity contribution in [2.45, 2.75) is 76.2 Å². The van der Waals surface area contributed by atoms with Crippen LogP contribution in [-0.4, -0.2) is 43.3 Å². The second-order valence-electron chi connectivity index (χ2n) is 9.84. The third-order valence-electron chi connectivity index (χ3n) is 7.98. The van der Waals surface area contributed by atoms with Crippen LogP contribution in [0.4, 0.5) is 0 Å². The molecule has 0 spiro atoms. The second kappa shape index (κ2) is 9.17. The lowest BCUT2D eigenvalue weighted by Gasteiger charge is -2.35. The maximum absolute atomic E-state index is 12.2. The molecule has 0 unspecified atom stereocenters. The van der Waals surface area contributed by atoms with Crippen molar-refractivity contribution in [3.63, 3.8) is 0 Å². The maximum atomic E-state index is 12.2. The van der Waals surface area contributed by atoms with Crippen molar-refractivity contribution in [1.82, 2.24) is 10.2 Å². The molecule has 0 aromatic heterocycles. The molecule has 30 heavy (non-hydrogen) atoms. The lowest BCUT2D eigenvalue weighted by atomic mass is 9.82. The van der Waals surface area contributed by atoms with E-state index >= 15 is 0 Å². The Morgan fingerprint density at radius 3 is 2.53 bits per heavy atom. The zero-order chi connectivity index (χ0) is 20.3. The van der Waals surface area contributed by atoms with Gasteiger partial charge in [-0.15, -0.1) is 0 Å².